The van der Waals surface area contributed by atoms with Gasteiger partial charge in [-0.15, -0.1) is 0 Å². The summed E-state index contributed by atoms with van der Waals surface area (Å²) in [5.41, 5.74) is 12.3. The molecule has 0 atom stereocenters. The summed E-state index contributed by atoms with van der Waals surface area (Å²) < 4.78 is 4.82. The quantitative estimate of drug-likeness (QED) is 0.0538. The molecule has 0 amide bonds. The number of unbranched alkanes of at least 4 members (excludes halogenated alkanes) is 4. The van der Waals surface area contributed by atoms with Gasteiger partial charge < -0.3 is 0 Å². The minimum atomic E-state index is 1.12. The van der Waals surface area contributed by atoms with E-state index in [9.17, 15) is 0 Å². The molecule has 268 valence electrons. The fourth-order valence-electron chi connectivity index (χ4n) is 7.56. The summed E-state index contributed by atoms with van der Waals surface area (Å²) in [5, 5.41) is 2.25. The first-order chi connectivity index (χ1) is 24.7. The lowest BCUT2D eigenvalue weighted by atomic mass is 9.93. The van der Waals surface area contributed by atoms with Crippen molar-refractivity contribution in [2.24, 2.45) is 0 Å². The number of rotatable bonds is 18. The van der Waals surface area contributed by atoms with Gasteiger partial charge in [-0.05, 0) is 149 Å². The number of aryl methyl sites for hydroxylation is 10. The van der Waals surface area contributed by atoms with Crippen LogP contribution in [0.2, 0.25) is 0 Å². The van der Waals surface area contributed by atoms with Crippen LogP contribution in [0.3, 0.4) is 0 Å². The van der Waals surface area contributed by atoms with Crippen LogP contribution in [0.5, 0.6) is 0 Å². The van der Waals surface area contributed by atoms with Gasteiger partial charge in [0.1, 0.15) is 13.1 Å². The number of nitrogens with zero attached hydrogens (tertiary/aromatic N) is 2. The van der Waals surface area contributed by atoms with Crippen molar-refractivity contribution in [3.05, 3.63) is 130 Å². The van der Waals surface area contributed by atoms with Gasteiger partial charge in [0.25, 0.3) is 0 Å². The normalized spacial score (nSPS) is 13.6. The molecule has 0 spiro atoms. The van der Waals surface area contributed by atoms with E-state index in [-0.39, 0.29) is 0 Å². The highest BCUT2D eigenvalue weighted by Crippen LogP contribution is 2.20. The molecular weight excluding hydrogens is 740 g/mol. The standard InChI is InChI=1S/C32H42N2.C14H20Br2/c1-3-13-31-25-33(23-19-29(31)11-1)21-7-5-9-27-15-17-28(18-16-27)10-6-8-22-34-24-20-30-12-2-4-14-32(30)26-34;15-11-3-1-5-13-7-9-14(10-8-13)6-2-4-12-16/h15-20,23-26H,1-14,21-22H2;7-10H,1-6,11-12H2/q+2;. The lowest BCUT2D eigenvalue weighted by molar-refractivity contribution is -0.698. The van der Waals surface area contributed by atoms with Crippen molar-refractivity contribution in [3.63, 3.8) is 0 Å². The van der Waals surface area contributed by atoms with Gasteiger partial charge in [0.05, 0.1) is 0 Å². The molecule has 0 unspecified atom stereocenters. The van der Waals surface area contributed by atoms with Crippen LogP contribution in [0.15, 0.2) is 85.5 Å². The average Bonchev–Trinajstić information content (AvgIpc) is 3.16. The number of aromatic nitrogens is 2. The fraction of sp³-hybridized carbons (Fsp3) is 0.522. The minimum Gasteiger partial charge on any atom is -0.205 e. The van der Waals surface area contributed by atoms with Crippen LogP contribution < -0.4 is 9.13 Å². The highest BCUT2D eigenvalue weighted by molar-refractivity contribution is 9.09. The second-order valence-corrected chi connectivity index (χ2v) is 16.3. The van der Waals surface area contributed by atoms with Gasteiger partial charge in [-0.3, -0.25) is 0 Å². The first-order valence-corrected chi connectivity index (χ1v) is 22.2. The Morgan fingerprint density at radius 2 is 0.700 bits per heavy atom. The number of hydrogen-bond acceptors (Lipinski definition) is 0. The molecule has 50 heavy (non-hydrogen) atoms. The molecule has 4 heteroatoms. The van der Waals surface area contributed by atoms with Crippen LogP contribution in [-0.2, 0) is 64.5 Å². The lowest BCUT2D eigenvalue weighted by Crippen LogP contribution is -2.34. The number of fused-ring (bicyclic) bond motifs is 2. The summed E-state index contributed by atoms with van der Waals surface area (Å²) in [5.74, 6) is 0. The lowest BCUT2D eigenvalue weighted by Gasteiger charge is -2.13. The molecule has 0 aliphatic heterocycles. The second kappa shape index (κ2) is 22.6. The van der Waals surface area contributed by atoms with Crippen LogP contribution in [0, 0.1) is 0 Å². The SMILES string of the molecule is BrCCCCc1ccc(CCCCBr)cc1.c1cc(CCCC[n+]2ccc3c(c2)CCCC3)ccc1CCCC[n+]1ccc2c(c1)CCCC2. The van der Waals surface area contributed by atoms with Crippen molar-refractivity contribution >= 4 is 31.9 Å². The van der Waals surface area contributed by atoms with Crippen molar-refractivity contribution in [3.8, 4) is 0 Å². The highest BCUT2D eigenvalue weighted by Gasteiger charge is 2.14. The van der Waals surface area contributed by atoms with Gasteiger partial charge in [-0.1, -0.05) is 80.4 Å². The van der Waals surface area contributed by atoms with Gasteiger partial charge in [0.15, 0.2) is 24.8 Å². The van der Waals surface area contributed by atoms with E-state index in [1.807, 2.05) is 0 Å². The van der Waals surface area contributed by atoms with Gasteiger partial charge in [-0.25, -0.2) is 9.13 Å². The summed E-state index contributed by atoms with van der Waals surface area (Å²) in [4.78, 5) is 0. The van der Waals surface area contributed by atoms with E-state index in [0.717, 1.165) is 23.7 Å². The zero-order valence-electron chi connectivity index (χ0n) is 30.7. The maximum absolute atomic E-state index is 3.47. The maximum Gasteiger partial charge on any atom is 0.172 e. The van der Waals surface area contributed by atoms with E-state index >= 15 is 0 Å². The molecule has 2 nitrogen and oxygen atoms in total. The fourth-order valence-corrected chi connectivity index (χ4v) is 8.35. The van der Waals surface area contributed by atoms with Crippen molar-refractivity contribution in [1.82, 2.24) is 0 Å². The summed E-state index contributed by atoms with van der Waals surface area (Å²) >= 11 is 6.93. The number of benzene rings is 2. The molecule has 0 fully saturated rings. The number of alkyl halides is 2. The molecule has 0 saturated carbocycles. The molecule has 4 aromatic rings. The van der Waals surface area contributed by atoms with E-state index < -0.39 is 0 Å². The van der Waals surface area contributed by atoms with Gasteiger partial charge in [-0.2, -0.15) is 0 Å². The molecule has 2 aliphatic carbocycles. The Hall–Kier alpha value is -2.30. The van der Waals surface area contributed by atoms with E-state index in [2.05, 4.69) is 126 Å². The Labute approximate surface area is 321 Å². The maximum atomic E-state index is 3.47. The summed E-state index contributed by atoms with van der Waals surface area (Å²) in [6.07, 6.45) is 34.9. The highest BCUT2D eigenvalue weighted by atomic mass is 79.9. The van der Waals surface area contributed by atoms with E-state index in [1.165, 1.54) is 151 Å². The Bertz CT molecular complexity index is 1410. The van der Waals surface area contributed by atoms with Crippen LogP contribution in [-0.4, -0.2) is 10.7 Å². The van der Waals surface area contributed by atoms with Crippen LogP contribution in [0.25, 0.3) is 0 Å². The first kappa shape index (κ1) is 38.9. The Kier molecular flexibility index (Phi) is 17.6. The topological polar surface area (TPSA) is 7.76 Å². The van der Waals surface area contributed by atoms with E-state index in [0.29, 0.717) is 0 Å². The van der Waals surface area contributed by atoms with Gasteiger partial charge in [0.2, 0.25) is 0 Å². The van der Waals surface area contributed by atoms with E-state index in [1.54, 1.807) is 22.3 Å². The minimum absolute atomic E-state index is 1.12. The monoisotopic (exact) mass is 800 g/mol. The van der Waals surface area contributed by atoms with Crippen molar-refractivity contribution < 1.29 is 9.13 Å². The Balaban J connectivity index is 0.000000256. The predicted octanol–water partition coefficient (Wildman–Crippen LogP) is 11.2. The summed E-state index contributed by atoms with van der Waals surface area (Å²) in [6, 6.07) is 23.3. The zero-order valence-corrected chi connectivity index (χ0v) is 33.9. The predicted molar refractivity (Wildman–Crippen MR) is 219 cm³/mol. The van der Waals surface area contributed by atoms with Gasteiger partial charge in [0, 0.05) is 46.8 Å². The number of halogens is 2. The first-order valence-electron chi connectivity index (χ1n) is 20.0. The largest absolute Gasteiger partial charge is 0.205 e. The van der Waals surface area contributed by atoms with Gasteiger partial charge >= 0.3 is 0 Å². The average molecular weight is 803 g/mol. The molecule has 2 heterocycles. The van der Waals surface area contributed by atoms with Crippen molar-refractivity contribution in [1.29, 1.82) is 0 Å². The second-order valence-electron chi connectivity index (χ2n) is 14.7. The molecule has 6 rings (SSSR count). The Morgan fingerprint density at radius 3 is 1.04 bits per heavy atom. The van der Waals surface area contributed by atoms with Crippen molar-refractivity contribution in [2.45, 2.75) is 142 Å². The third-order valence-electron chi connectivity index (χ3n) is 10.7. The molecule has 2 aromatic heterocycles. The van der Waals surface area contributed by atoms with Crippen LogP contribution in [0.4, 0.5) is 0 Å². The molecule has 0 bridgehead atoms. The third-order valence-corrected chi connectivity index (χ3v) is 11.8. The Morgan fingerprint density at radius 1 is 0.380 bits per heavy atom. The molecule has 2 aliphatic rings. The zero-order chi connectivity index (χ0) is 34.6. The number of pyridine rings is 2. The van der Waals surface area contributed by atoms with Crippen LogP contribution >= 0.6 is 31.9 Å². The molecule has 0 N–H and O–H groups in total. The molecular formula is C46H62Br2N2+2. The summed E-state index contributed by atoms with van der Waals surface area (Å²) in [6.45, 7) is 2.29. The van der Waals surface area contributed by atoms with E-state index in [4.69, 9.17) is 0 Å². The number of hydrogen-bond donors (Lipinski definition) is 0. The van der Waals surface area contributed by atoms with Crippen molar-refractivity contribution in [2.75, 3.05) is 10.7 Å². The molecule has 2 aromatic carbocycles. The molecule has 0 saturated heterocycles. The molecule has 0 radical (unpaired) electrons. The smallest absolute Gasteiger partial charge is 0.172 e. The third kappa shape index (κ3) is 13.7. The van der Waals surface area contributed by atoms with Crippen LogP contribution in [0.1, 0.15) is 122 Å². The summed E-state index contributed by atoms with van der Waals surface area (Å²) in [7, 11) is 0.